The summed E-state index contributed by atoms with van der Waals surface area (Å²) in [7, 11) is 0. The lowest BCUT2D eigenvalue weighted by Gasteiger charge is -2.40. The molecule has 1 aliphatic rings. The molecule has 72 heavy (non-hydrogen) atoms. The molecule has 0 aromatic rings. The normalized spacial score (nSPS) is 19.7. The summed E-state index contributed by atoms with van der Waals surface area (Å²) in [6.07, 6.45) is 55.4. The topological polar surface area (TPSA) is 169 Å². The first-order valence-corrected chi connectivity index (χ1v) is 31.1. The number of aliphatic hydroxyl groups excluding tert-OH is 6. The van der Waals surface area contributed by atoms with Gasteiger partial charge in [-0.05, 0) is 44.9 Å². The molecule has 0 spiro atoms. The predicted molar refractivity (Wildman–Crippen MR) is 301 cm³/mol. The van der Waals surface area contributed by atoms with Crippen LogP contribution in [0.2, 0.25) is 0 Å². The summed E-state index contributed by atoms with van der Waals surface area (Å²) in [5, 5.41) is 65.3. The van der Waals surface area contributed by atoms with Crippen LogP contribution in [0.3, 0.4) is 0 Å². The Bertz CT molecular complexity index is 1200. The monoisotopic (exact) mass is 1020 g/mol. The van der Waals surface area contributed by atoms with E-state index in [-0.39, 0.29) is 6.61 Å². The zero-order valence-corrected chi connectivity index (χ0v) is 47.1. The van der Waals surface area contributed by atoms with Crippen molar-refractivity contribution in [3.8, 4) is 0 Å². The number of hydrogen-bond donors (Lipinski definition) is 7. The average molecular weight is 1020 g/mol. The molecule has 10 heteroatoms. The fourth-order valence-electron chi connectivity index (χ4n) is 10.1. The summed E-state index contributed by atoms with van der Waals surface area (Å²) in [4.78, 5) is 13.2. The minimum atomic E-state index is -1.60. The second-order valence-electron chi connectivity index (χ2n) is 22.0. The Morgan fingerprint density at radius 2 is 0.819 bits per heavy atom. The van der Waals surface area contributed by atoms with Crippen molar-refractivity contribution < 1.29 is 44.9 Å². The van der Waals surface area contributed by atoms with Gasteiger partial charge in [-0.25, -0.2) is 0 Å². The molecule has 0 aliphatic carbocycles. The number of ether oxygens (including phenoxy) is 2. The minimum absolute atomic E-state index is 0.252. The zero-order chi connectivity index (χ0) is 52.4. The molecule has 0 aromatic heterocycles. The Morgan fingerprint density at radius 1 is 0.472 bits per heavy atom. The molecule has 8 unspecified atom stereocenters. The number of carbonyl (C=O) groups is 1. The van der Waals surface area contributed by atoms with Crippen LogP contribution < -0.4 is 5.32 Å². The number of unbranched alkanes of at least 4 members (excludes halogenated alkanes) is 39. The first-order valence-electron chi connectivity index (χ1n) is 31.1. The molecular formula is C62H119NO9. The summed E-state index contributed by atoms with van der Waals surface area (Å²) in [5.41, 5.74) is 0. The quantitative estimate of drug-likeness (QED) is 0.0232. The molecule has 426 valence electrons. The molecule has 1 fully saturated rings. The number of rotatable bonds is 54. The molecule has 1 amide bonds. The summed E-state index contributed by atoms with van der Waals surface area (Å²) < 4.78 is 11.2. The van der Waals surface area contributed by atoms with Gasteiger partial charge in [0.2, 0.25) is 5.91 Å². The van der Waals surface area contributed by atoms with E-state index in [0.717, 1.165) is 57.8 Å². The van der Waals surface area contributed by atoms with Gasteiger partial charge in [-0.1, -0.05) is 282 Å². The standard InChI is InChI=1S/C62H119NO9/c1-3-5-7-9-11-13-15-17-19-20-21-22-23-24-25-26-27-28-29-30-31-32-33-34-35-37-39-41-43-45-47-49-51-56(66)61(70)63-54(53-71-62-60(69)59(68)58(67)57(52-64)72-62)55(65)50-48-46-44-42-40-38-36-18-16-14-12-10-8-6-4-2/h21-22,24-25,54-60,62,64-69H,3-20,23,26-53H2,1-2H3,(H,63,70)/b22-21-,25-24-. The molecule has 1 rings (SSSR count). The van der Waals surface area contributed by atoms with Gasteiger partial charge < -0.3 is 45.4 Å². The third kappa shape index (κ3) is 40.0. The van der Waals surface area contributed by atoms with E-state index in [1.807, 2.05) is 0 Å². The van der Waals surface area contributed by atoms with Crippen LogP contribution in [0.5, 0.6) is 0 Å². The van der Waals surface area contributed by atoms with Gasteiger partial charge >= 0.3 is 0 Å². The number of allylic oxidation sites excluding steroid dienone is 4. The maximum atomic E-state index is 13.2. The minimum Gasteiger partial charge on any atom is -0.394 e. The molecule has 0 radical (unpaired) electrons. The van der Waals surface area contributed by atoms with Gasteiger partial charge in [-0.15, -0.1) is 0 Å². The lowest BCUT2D eigenvalue weighted by molar-refractivity contribution is -0.302. The van der Waals surface area contributed by atoms with Crippen LogP contribution in [0.4, 0.5) is 0 Å². The van der Waals surface area contributed by atoms with E-state index in [1.54, 1.807) is 0 Å². The summed E-state index contributed by atoms with van der Waals surface area (Å²) in [5.74, 6) is -0.579. The second kappa shape index (κ2) is 51.7. The van der Waals surface area contributed by atoms with Crippen molar-refractivity contribution in [2.75, 3.05) is 13.2 Å². The SMILES string of the molecule is CCCCCCCCCCC/C=C\C/C=C\CCCCCCCCCCCCCCCCCCC(O)C(=O)NC(COC1OC(CO)C(O)C(O)C1O)C(O)CCCCCCCCCCCCCCCCC. The molecule has 1 saturated heterocycles. The number of aliphatic hydroxyl groups is 6. The van der Waals surface area contributed by atoms with Crippen LogP contribution in [0.1, 0.15) is 303 Å². The number of hydrogen-bond acceptors (Lipinski definition) is 9. The van der Waals surface area contributed by atoms with Crippen LogP contribution in [0.25, 0.3) is 0 Å². The maximum absolute atomic E-state index is 13.2. The summed E-state index contributed by atoms with van der Waals surface area (Å²) in [6.45, 7) is 3.71. The highest BCUT2D eigenvalue weighted by atomic mass is 16.7. The van der Waals surface area contributed by atoms with E-state index >= 15 is 0 Å². The first-order chi connectivity index (χ1) is 35.3. The molecule has 0 bridgehead atoms. The Balaban J connectivity index is 2.14. The number of nitrogens with one attached hydrogen (secondary N) is 1. The van der Waals surface area contributed by atoms with Gasteiger partial charge in [0.25, 0.3) is 0 Å². The van der Waals surface area contributed by atoms with Gasteiger partial charge in [-0.2, -0.15) is 0 Å². The van der Waals surface area contributed by atoms with E-state index in [0.29, 0.717) is 12.8 Å². The van der Waals surface area contributed by atoms with Crippen molar-refractivity contribution >= 4 is 5.91 Å². The fourth-order valence-corrected chi connectivity index (χ4v) is 10.1. The van der Waals surface area contributed by atoms with E-state index < -0.39 is 61.5 Å². The Labute approximate surface area is 443 Å². The van der Waals surface area contributed by atoms with Crippen LogP contribution in [0, 0.1) is 0 Å². The van der Waals surface area contributed by atoms with E-state index in [9.17, 15) is 35.4 Å². The van der Waals surface area contributed by atoms with Crippen molar-refractivity contribution in [1.29, 1.82) is 0 Å². The van der Waals surface area contributed by atoms with Gasteiger partial charge in [0.15, 0.2) is 6.29 Å². The Morgan fingerprint density at radius 3 is 1.19 bits per heavy atom. The molecule has 0 aromatic carbocycles. The molecule has 7 N–H and O–H groups in total. The predicted octanol–water partition coefficient (Wildman–Crippen LogP) is 14.7. The molecule has 0 saturated carbocycles. The maximum Gasteiger partial charge on any atom is 0.249 e. The van der Waals surface area contributed by atoms with E-state index in [1.165, 1.54) is 218 Å². The highest BCUT2D eigenvalue weighted by molar-refractivity contribution is 5.80. The van der Waals surface area contributed by atoms with Crippen molar-refractivity contribution in [2.24, 2.45) is 0 Å². The smallest absolute Gasteiger partial charge is 0.249 e. The molecular weight excluding hydrogens is 903 g/mol. The van der Waals surface area contributed by atoms with Crippen molar-refractivity contribution in [1.82, 2.24) is 5.32 Å². The second-order valence-corrected chi connectivity index (χ2v) is 22.0. The summed E-state index contributed by atoms with van der Waals surface area (Å²) >= 11 is 0. The zero-order valence-electron chi connectivity index (χ0n) is 47.1. The van der Waals surface area contributed by atoms with Gasteiger partial charge in [0.1, 0.15) is 30.5 Å². The Hall–Kier alpha value is -1.37. The molecule has 10 nitrogen and oxygen atoms in total. The third-order valence-electron chi connectivity index (χ3n) is 15.2. The number of carbonyl (C=O) groups excluding carboxylic acids is 1. The van der Waals surface area contributed by atoms with Crippen LogP contribution in [-0.4, -0.2) is 98.7 Å². The van der Waals surface area contributed by atoms with E-state index in [4.69, 9.17) is 9.47 Å². The van der Waals surface area contributed by atoms with E-state index in [2.05, 4.69) is 43.5 Å². The van der Waals surface area contributed by atoms with Crippen molar-refractivity contribution in [2.45, 2.75) is 352 Å². The lowest BCUT2D eigenvalue weighted by atomic mass is 9.99. The largest absolute Gasteiger partial charge is 0.394 e. The fraction of sp³-hybridized carbons (Fsp3) is 0.919. The lowest BCUT2D eigenvalue weighted by Crippen LogP contribution is -2.60. The third-order valence-corrected chi connectivity index (χ3v) is 15.2. The van der Waals surface area contributed by atoms with Gasteiger partial charge in [0, 0.05) is 0 Å². The first kappa shape index (κ1) is 68.6. The molecule has 8 atom stereocenters. The van der Waals surface area contributed by atoms with Crippen molar-refractivity contribution in [3.05, 3.63) is 24.3 Å². The van der Waals surface area contributed by atoms with Crippen LogP contribution in [-0.2, 0) is 14.3 Å². The van der Waals surface area contributed by atoms with Gasteiger partial charge in [-0.3, -0.25) is 4.79 Å². The number of amides is 1. The van der Waals surface area contributed by atoms with Crippen LogP contribution >= 0.6 is 0 Å². The average Bonchev–Trinajstić information content (AvgIpc) is 3.38. The van der Waals surface area contributed by atoms with Gasteiger partial charge in [0.05, 0.1) is 25.4 Å². The Kier molecular flexibility index (Phi) is 49.3. The van der Waals surface area contributed by atoms with Crippen LogP contribution in [0.15, 0.2) is 24.3 Å². The van der Waals surface area contributed by atoms with Crippen molar-refractivity contribution in [3.63, 3.8) is 0 Å². The molecule has 1 aliphatic heterocycles. The highest BCUT2D eigenvalue weighted by Gasteiger charge is 2.44. The molecule has 1 heterocycles. The highest BCUT2D eigenvalue weighted by Crippen LogP contribution is 2.23. The summed E-state index contributed by atoms with van der Waals surface area (Å²) in [6, 6.07) is -0.893.